The van der Waals surface area contributed by atoms with E-state index in [0.29, 0.717) is 0 Å². The van der Waals surface area contributed by atoms with Gasteiger partial charge in [0.2, 0.25) is 0 Å². The summed E-state index contributed by atoms with van der Waals surface area (Å²) >= 11 is 0. The third kappa shape index (κ3) is 4.36. The minimum Gasteiger partial charge on any atom is -0.497 e. The minimum atomic E-state index is -5.13. The Hall–Kier alpha value is -0.179. The van der Waals surface area contributed by atoms with E-state index in [1.807, 2.05) is 0 Å². The van der Waals surface area contributed by atoms with Crippen LogP contribution in [0.15, 0.2) is 23.3 Å². The number of halogens is 3. The molecule has 9 heteroatoms. The molecule has 0 N–H and O–H groups in total. The van der Waals surface area contributed by atoms with Gasteiger partial charge in [0.1, 0.15) is 5.75 Å². The molecular formula is C7H6BF3KN3O. The van der Waals surface area contributed by atoms with Crippen molar-refractivity contribution in [2.24, 2.45) is 5.11 Å². The predicted octanol–water partition coefficient (Wildman–Crippen LogP) is -0.305. The molecule has 0 spiro atoms. The molecule has 0 aliphatic rings. The average Bonchev–Trinajstić information content (AvgIpc) is 2.16. The summed E-state index contributed by atoms with van der Waals surface area (Å²) in [6.07, 6.45) is 0. The molecule has 0 saturated heterocycles. The summed E-state index contributed by atoms with van der Waals surface area (Å²) in [7, 11) is 1.24. The van der Waals surface area contributed by atoms with Gasteiger partial charge < -0.3 is 17.7 Å². The van der Waals surface area contributed by atoms with Crippen LogP contribution in [0.5, 0.6) is 5.75 Å². The summed E-state index contributed by atoms with van der Waals surface area (Å²) < 4.78 is 41.9. The second-order valence-electron chi connectivity index (χ2n) is 2.73. The van der Waals surface area contributed by atoms with Gasteiger partial charge in [0.15, 0.2) is 0 Å². The Bertz CT molecular complexity index is 420. The van der Waals surface area contributed by atoms with Gasteiger partial charge in [-0.1, -0.05) is 11.2 Å². The first-order chi connectivity index (χ1) is 6.97. The van der Waals surface area contributed by atoms with E-state index in [4.69, 9.17) is 5.53 Å². The fourth-order valence-corrected chi connectivity index (χ4v) is 1.02. The summed E-state index contributed by atoms with van der Waals surface area (Å²) in [6.45, 7) is -5.13. The number of hydrogen-bond acceptors (Lipinski definition) is 2. The predicted molar refractivity (Wildman–Crippen MR) is 50.5 cm³/mol. The van der Waals surface area contributed by atoms with E-state index in [2.05, 4.69) is 14.8 Å². The van der Waals surface area contributed by atoms with Crippen LogP contribution >= 0.6 is 0 Å². The Labute approximate surface area is 132 Å². The first kappa shape index (κ1) is 15.8. The SMILES string of the molecule is COc1cc(N=[N+]=[N-])cc([B-](F)(F)F)c1.[K+]. The van der Waals surface area contributed by atoms with Crippen LogP contribution in [0.4, 0.5) is 18.6 Å². The van der Waals surface area contributed by atoms with Crippen molar-refractivity contribution in [3.05, 3.63) is 28.6 Å². The molecule has 80 valence electrons. The Balaban J connectivity index is 0.00000225. The number of nitrogens with zero attached hydrogens (tertiary/aromatic N) is 3. The molecule has 0 fully saturated rings. The molecule has 0 saturated carbocycles. The molecule has 0 bridgehead atoms. The van der Waals surface area contributed by atoms with Crippen LogP contribution in [0, 0.1) is 0 Å². The molecule has 1 aromatic carbocycles. The zero-order chi connectivity index (χ0) is 11.5. The van der Waals surface area contributed by atoms with Crippen LogP contribution in [-0.4, -0.2) is 14.1 Å². The monoisotopic (exact) mass is 255 g/mol. The second kappa shape index (κ2) is 6.53. The van der Waals surface area contributed by atoms with Crippen LogP contribution in [0.1, 0.15) is 0 Å². The Morgan fingerprint density at radius 2 is 1.94 bits per heavy atom. The summed E-state index contributed by atoms with van der Waals surface area (Å²) in [5.74, 6) is 0.00843. The van der Waals surface area contributed by atoms with E-state index in [9.17, 15) is 12.9 Å². The van der Waals surface area contributed by atoms with Crippen LogP contribution in [-0.2, 0) is 0 Å². The Kier molecular flexibility index (Phi) is 6.46. The molecule has 1 aromatic rings. The van der Waals surface area contributed by atoms with Crippen molar-refractivity contribution in [1.82, 2.24) is 0 Å². The third-order valence-electron chi connectivity index (χ3n) is 1.69. The quantitative estimate of drug-likeness (QED) is 0.316. The van der Waals surface area contributed by atoms with Crippen LogP contribution < -0.4 is 61.6 Å². The average molecular weight is 255 g/mol. The Morgan fingerprint density at radius 3 is 2.38 bits per heavy atom. The number of rotatable bonds is 3. The Morgan fingerprint density at radius 1 is 1.31 bits per heavy atom. The van der Waals surface area contributed by atoms with E-state index in [1.165, 1.54) is 13.2 Å². The standard InChI is InChI=1S/C7H6BF3N3O.K/c1-15-7-3-5(8(9,10)11)2-6(4-7)13-14-12;/h2-4H,1H3;/q-1;+1. The van der Waals surface area contributed by atoms with Crippen LogP contribution in [0.3, 0.4) is 0 Å². The molecule has 1 rings (SSSR count). The molecule has 0 aliphatic heterocycles. The molecule has 0 unspecified atom stereocenters. The van der Waals surface area contributed by atoms with Gasteiger partial charge in [-0.15, -0.1) is 5.46 Å². The summed E-state index contributed by atoms with van der Waals surface area (Å²) in [6, 6.07) is 2.86. The van der Waals surface area contributed by atoms with E-state index < -0.39 is 12.4 Å². The maximum absolute atomic E-state index is 12.4. The van der Waals surface area contributed by atoms with Gasteiger partial charge in [0, 0.05) is 10.6 Å². The van der Waals surface area contributed by atoms with Gasteiger partial charge in [-0.05, 0) is 17.7 Å². The van der Waals surface area contributed by atoms with Gasteiger partial charge in [-0.25, -0.2) is 0 Å². The fourth-order valence-electron chi connectivity index (χ4n) is 1.02. The third-order valence-corrected chi connectivity index (χ3v) is 1.69. The maximum atomic E-state index is 12.4. The first-order valence-corrected chi connectivity index (χ1v) is 3.91. The van der Waals surface area contributed by atoms with Crippen molar-refractivity contribution in [3.63, 3.8) is 0 Å². The largest absolute Gasteiger partial charge is 1.00 e. The molecule has 0 atom stereocenters. The summed E-state index contributed by atoms with van der Waals surface area (Å²) in [4.78, 5) is 2.41. The van der Waals surface area contributed by atoms with E-state index in [1.54, 1.807) is 0 Å². The van der Waals surface area contributed by atoms with Gasteiger partial charge in [-0.2, -0.15) is 0 Å². The molecule has 0 radical (unpaired) electrons. The summed E-state index contributed by atoms with van der Waals surface area (Å²) in [5, 5.41) is 3.10. The second-order valence-corrected chi connectivity index (χ2v) is 2.73. The van der Waals surface area contributed by atoms with Crippen molar-refractivity contribution >= 4 is 18.1 Å². The smallest absolute Gasteiger partial charge is 0.497 e. The maximum Gasteiger partial charge on any atom is 1.00 e. The molecule has 0 aliphatic carbocycles. The number of ether oxygens (including phenoxy) is 1. The van der Waals surface area contributed by atoms with Gasteiger partial charge in [0.05, 0.1) is 7.11 Å². The van der Waals surface area contributed by atoms with Crippen LogP contribution in [0.2, 0.25) is 0 Å². The van der Waals surface area contributed by atoms with Gasteiger partial charge in [0.25, 0.3) is 0 Å². The van der Waals surface area contributed by atoms with Crippen molar-refractivity contribution in [1.29, 1.82) is 0 Å². The fraction of sp³-hybridized carbons (Fsp3) is 0.143. The van der Waals surface area contributed by atoms with Gasteiger partial charge in [-0.3, -0.25) is 0 Å². The minimum absolute atomic E-state index is 0. The van der Waals surface area contributed by atoms with Gasteiger partial charge >= 0.3 is 58.4 Å². The van der Waals surface area contributed by atoms with Crippen molar-refractivity contribution in [2.45, 2.75) is 0 Å². The molecule has 4 nitrogen and oxygen atoms in total. The van der Waals surface area contributed by atoms with Crippen molar-refractivity contribution in [2.75, 3.05) is 7.11 Å². The zero-order valence-corrected chi connectivity index (χ0v) is 11.8. The topological polar surface area (TPSA) is 58.0 Å². The number of hydrogen-bond donors (Lipinski definition) is 0. The zero-order valence-electron chi connectivity index (χ0n) is 8.69. The van der Waals surface area contributed by atoms with E-state index in [-0.39, 0.29) is 62.8 Å². The number of methoxy groups -OCH3 is 1. The van der Waals surface area contributed by atoms with E-state index >= 15 is 0 Å². The first-order valence-electron chi connectivity index (χ1n) is 3.91. The van der Waals surface area contributed by atoms with Crippen LogP contribution in [0.25, 0.3) is 10.4 Å². The van der Waals surface area contributed by atoms with E-state index in [0.717, 1.165) is 12.1 Å². The molecule has 0 heterocycles. The number of azide groups is 1. The van der Waals surface area contributed by atoms with Crippen molar-refractivity contribution in [3.8, 4) is 5.75 Å². The normalized spacial score (nSPS) is 10.0. The molecular weight excluding hydrogens is 249 g/mol. The molecule has 0 amide bonds. The molecule has 0 aromatic heterocycles. The number of benzene rings is 1. The van der Waals surface area contributed by atoms with Crippen molar-refractivity contribution < 1.29 is 69.1 Å². The summed E-state index contributed by atoms with van der Waals surface area (Å²) in [5.41, 5.74) is 7.15. The molecule has 16 heavy (non-hydrogen) atoms.